The van der Waals surface area contributed by atoms with E-state index in [0.717, 1.165) is 30.9 Å². The predicted octanol–water partition coefficient (Wildman–Crippen LogP) is 4.85. The second kappa shape index (κ2) is 10.0. The molecule has 0 radical (unpaired) electrons. The molecule has 1 rings (SSSR count). The van der Waals surface area contributed by atoms with Crippen LogP contribution in [0.25, 0.3) is 0 Å². The van der Waals surface area contributed by atoms with Gasteiger partial charge in [-0.25, -0.2) is 9.97 Å². The van der Waals surface area contributed by atoms with Gasteiger partial charge < -0.3 is 5.32 Å². The van der Waals surface area contributed by atoms with Crippen molar-refractivity contribution in [3.05, 3.63) is 17.0 Å². The lowest BCUT2D eigenvalue weighted by molar-refractivity contribution is 0.616. The topological polar surface area (TPSA) is 37.8 Å². The Morgan fingerprint density at radius 3 is 2.47 bits per heavy atom. The zero-order valence-corrected chi connectivity index (χ0v) is 13.0. The van der Waals surface area contributed by atoms with E-state index in [0.29, 0.717) is 5.28 Å². The number of anilines is 1. The average Bonchev–Trinajstić information content (AvgIpc) is 2.37. The van der Waals surface area contributed by atoms with Crippen LogP contribution in [0.1, 0.15) is 64.5 Å². The van der Waals surface area contributed by atoms with E-state index in [4.69, 9.17) is 11.6 Å². The molecule has 19 heavy (non-hydrogen) atoms. The number of nitrogens with zero attached hydrogens (tertiary/aromatic N) is 2. The van der Waals surface area contributed by atoms with Crippen LogP contribution in [0, 0.1) is 0 Å². The molecule has 3 nitrogen and oxygen atoms in total. The second-order valence-electron chi connectivity index (χ2n) is 4.96. The minimum Gasteiger partial charge on any atom is -0.370 e. The third-order valence-corrected chi connectivity index (χ3v) is 3.26. The van der Waals surface area contributed by atoms with Gasteiger partial charge in [-0.2, -0.15) is 0 Å². The van der Waals surface area contributed by atoms with Crippen LogP contribution in [0.3, 0.4) is 0 Å². The Labute approximate surface area is 122 Å². The average molecular weight is 284 g/mol. The van der Waals surface area contributed by atoms with Crippen LogP contribution in [-0.2, 0) is 6.42 Å². The molecule has 0 spiro atoms. The molecule has 0 saturated carbocycles. The van der Waals surface area contributed by atoms with Crippen molar-refractivity contribution >= 4 is 17.4 Å². The number of aromatic nitrogens is 2. The molecule has 1 aromatic heterocycles. The SMILES string of the molecule is CCCCCCCCNc1cc(CCC)nc(Cl)n1. The molecular weight excluding hydrogens is 258 g/mol. The van der Waals surface area contributed by atoms with E-state index < -0.39 is 0 Å². The number of halogens is 1. The summed E-state index contributed by atoms with van der Waals surface area (Å²) < 4.78 is 0. The molecule has 0 aromatic carbocycles. The summed E-state index contributed by atoms with van der Waals surface area (Å²) in [7, 11) is 0. The fourth-order valence-electron chi connectivity index (χ4n) is 2.06. The lowest BCUT2D eigenvalue weighted by atomic mass is 10.1. The van der Waals surface area contributed by atoms with Gasteiger partial charge in [-0.15, -0.1) is 0 Å². The van der Waals surface area contributed by atoms with Gasteiger partial charge in [0, 0.05) is 18.3 Å². The number of aryl methyl sites for hydroxylation is 1. The molecule has 0 saturated heterocycles. The molecule has 0 bridgehead atoms. The molecule has 1 N–H and O–H groups in total. The van der Waals surface area contributed by atoms with Crippen LogP contribution in [0.4, 0.5) is 5.82 Å². The minimum atomic E-state index is 0.344. The van der Waals surface area contributed by atoms with Gasteiger partial charge in [-0.3, -0.25) is 0 Å². The van der Waals surface area contributed by atoms with E-state index in [2.05, 4.69) is 29.1 Å². The number of hydrogen-bond acceptors (Lipinski definition) is 3. The molecule has 0 aliphatic carbocycles. The van der Waals surface area contributed by atoms with Crippen molar-refractivity contribution < 1.29 is 0 Å². The van der Waals surface area contributed by atoms with Crippen LogP contribution in [0.5, 0.6) is 0 Å². The molecule has 1 heterocycles. The molecule has 108 valence electrons. The summed E-state index contributed by atoms with van der Waals surface area (Å²) in [5.41, 5.74) is 1.02. The highest BCUT2D eigenvalue weighted by Gasteiger charge is 2.02. The van der Waals surface area contributed by atoms with Crippen LogP contribution in [-0.4, -0.2) is 16.5 Å². The lowest BCUT2D eigenvalue weighted by Gasteiger charge is -2.07. The zero-order chi connectivity index (χ0) is 13.9. The van der Waals surface area contributed by atoms with Crippen LogP contribution in [0.2, 0.25) is 5.28 Å². The fourth-order valence-corrected chi connectivity index (χ4v) is 2.26. The quantitative estimate of drug-likeness (QED) is 0.492. The summed E-state index contributed by atoms with van der Waals surface area (Å²) in [5.74, 6) is 0.858. The molecule has 0 fully saturated rings. The molecule has 4 heteroatoms. The van der Waals surface area contributed by atoms with E-state index in [-0.39, 0.29) is 0 Å². The number of unbranched alkanes of at least 4 members (excludes halogenated alkanes) is 5. The Kier molecular flexibility index (Phi) is 8.55. The highest BCUT2D eigenvalue weighted by atomic mass is 35.5. The van der Waals surface area contributed by atoms with Crippen molar-refractivity contribution in [2.75, 3.05) is 11.9 Å². The summed E-state index contributed by atoms with van der Waals surface area (Å²) in [4.78, 5) is 8.42. The van der Waals surface area contributed by atoms with E-state index in [1.807, 2.05) is 6.07 Å². The maximum atomic E-state index is 5.92. The first-order valence-electron chi connectivity index (χ1n) is 7.53. The van der Waals surface area contributed by atoms with Crippen molar-refractivity contribution in [1.29, 1.82) is 0 Å². The molecule has 0 atom stereocenters. The molecule has 0 aliphatic heterocycles. The van der Waals surface area contributed by atoms with Gasteiger partial charge in [0.25, 0.3) is 0 Å². The summed E-state index contributed by atoms with van der Waals surface area (Å²) >= 11 is 5.92. The zero-order valence-electron chi connectivity index (χ0n) is 12.2. The van der Waals surface area contributed by atoms with E-state index in [1.165, 1.54) is 38.5 Å². The summed E-state index contributed by atoms with van der Waals surface area (Å²) in [5, 5.41) is 3.68. The van der Waals surface area contributed by atoms with Gasteiger partial charge in [0.2, 0.25) is 5.28 Å². The first-order chi connectivity index (χ1) is 9.26. The highest BCUT2D eigenvalue weighted by Crippen LogP contribution is 2.12. The van der Waals surface area contributed by atoms with Gasteiger partial charge in [0.1, 0.15) is 5.82 Å². The number of hydrogen-bond donors (Lipinski definition) is 1. The van der Waals surface area contributed by atoms with E-state index >= 15 is 0 Å². The largest absolute Gasteiger partial charge is 0.370 e. The Bertz CT molecular complexity index is 355. The first kappa shape index (κ1) is 16.2. The third kappa shape index (κ3) is 7.36. The highest BCUT2D eigenvalue weighted by molar-refractivity contribution is 6.28. The van der Waals surface area contributed by atoms with Gasteiger partial charge in [-0.1, -0.05) is 52.4 Å². The van der Waals surface area contributed by atoms with Crippen LogP contribution in [0.15, 0.2) is 6.07 Å². The number of nitrogens with one attached hydrogen (secondary N) is 1. The smallest absolute Gasteiger partial charge is 0.224 e. The molecule has 1 aromatic rings. The Hall–Kier alpha value is -0.830. The van der Waals surface area contributed by atoms with Crippen molar-refractivity contribution in [1.82, 2.24) is 9.97 Å². The minimum absolute atomic E-state index is 0.344. The van der Waals surface area contributed by atoms with Gasteiger partial charge in [0.05, 0.1) is 0 Å². The third-order valence-electron chi connectivity index (χ3n) is 3.09. The van der Waals surface area contributed by atoms with E-state index in [1.54, 1.807) is 0 Å². The Morgan fingerprint density at radius 1 is 1.00 bits per heavy atom. The summed E-state index contributed by atoms with van der Waals surface area (Å²) in [6.07, 6.45) is 9.85. The fraction of sp³-hybridized carbons (Fsp3) is 0.733. The lowest BCUT2D eigenvalue weighted by Crippen LogP contribution is -2.05. The van der Waals surface area contributed by atoms with Crippen molar-refractivity contribution in [3.8, 4) is 0 Å². The predicted molar refractivity (Wildman–Crippen MR) is 82.9 cm³/mol. The Balaban J connectivity index is 2.25. The Morgan fingerprint density at radius 2 is 1.74 bits per heavy atom. The second-order valence-corrected chi connectivity index (χ2v) is 5.30. The standard InChI is InChI=1S/C15H26ClN3/c1-3-5-6-7-8-9-11-17-14-12-13(10-4-2)18-15(16)19-14/h12H,3-11H2,1-2H3,(H,17,18,19). The van der Waals surface area contributed by atoms with Crippen molar-refractivity contribution in [2.45, 2.75) is 65.2 Å². The van der Waals surface area contributed by atoms with Crippen LogP contribution >= 0.6 is 11.6 Å². The maximum absolute atomic E-state index is 5.92. The summed E-state index contributed by atoms with van der Waals surface area (Å²) in [6.45, 7) is 5.35. The molecular formula is C15H26ClN3. The van der Waals surface area contributed by atoms with Gasteiger partial charge >= 0.3 is 0 Å². The van der Waals surface area contributed by atoms with Crippen LogP contribution < -0.4 is 5.32 Å². The monoisotopic (exact) mass is 283 g/mol. The normalized spacial score (nSPS) is 10.7. The maximum Gasteiger partial charge on any atom is 0.224 e. The molecule has 0 aliphatic rings. The summed E-state index contributed by atoms with van der Waals surface area (Å²) in [6, 6.07) is 2.01. The van der Waals surface area contributed by atoms with Crippen molar-refractivity contribution in [2.24, 2.45) is 0 Å². The van der Waals surface area contributed by atoms with Crippen molar-refractivity contribution in [3.63, 3.8) is 0 Å². The van der Waals surface area contributed by atoms with Gasteiger partial charge in [0.15, 0.2) is 0 Å². The first-order valence-corrected chi connectivity index (χ1v) is 7.91. The molecule has 0 amide bonds. The molecule has 0 unspecified atom stereocenters. The number of rotatable bonds is 10. The van der Waals surface area contributed by atoms with E-state index in [9.17, 15) is 0 Å². The van der Waals surface area contributed by atoms with Gasteiger partial charge in [-0.05, 0) is 24.4 Å².